The molecule has 2 aliphatic heterocycles. The Hall–Kier alpha value is -2.71. The van der Waals surface area contributed by atoms with Crippen molar-refractivity contribution < 1.29 is 14.3 Å². The topological polar surface area (TPSA) is 85.3 Å². The van der Waals surface area contributed by atoms with Crippen molar-refractivity contribution in [1.29, 1.82) is 0 Å². The van der Waals surface area contributed by atoms with Crippen molar-refractivity contribution >= 4 is 16.8 Å². The minimum Gasteiger partial charge on any atom is -0.377 e. The Morgan fingerprint density at radius 2 is 2.07 bits per heavy atom. The second kappa shape index (κ2) is 6.79. The first-order valence-electron chi connectivity index (χ1n) is 9.25. The molecule has 1 unspecified atom stereocenters. The molecule has 8 heteroatoms. The number of para-hydroxylation sites is 1. The molecule has 2 aromatic heterocycles. The molecular formula is C19H21N5O3. The van der Waals surface area contributed by atoms with E-state index in [0.29, 0.717) is 51.2 Å². The number of carbonyl (C=O) groups is 1. The average molecular weight is 367 g/mol. The van der Waals surface area contributed by atoms with Crippen LogP contribution in [0.2, 0.25) is 0 Å². The van der Waals surface area contributed by atoms with E-state index in [1.54, 1.807) is 0 Å². The number of nitrogens with one attached hydrogen (secondary N) is 1. The highest BCUT2D eigenvalue weighted by Gasteiger charge is 2.32. The lowest BCUT2D eigenvalue weighted by Crippen LogP contribution is -2.50. The van der Waals surface area contributed by atoms with Gasteiger partial charge in [0.2, 0.25) is 5.82 Å². The summed E-state index contributed by atoms with van der Waals surface area (Å²) in [4.78, 5) is 18.4. The van der Waals surface area contributed by atoms with Gasteiger partial charge < -0.3 is 23.9 Å². The zero-order valence-corrected chi connectivity index (χ0v) is 14.9. The van der Waals surface area contributed by atoms with Crippen LogP contribution in [0.4, 0.5) is 0 Å². The van der Waals surface area contributed by atoms with E-state index in [0.717, 1.165) is 11.9 Å². The van der Waals surface area contributed by atoms with E-state index in [1.807, 2.05) is 27.8 Å². The molecule has 4 heterocycles. The van der Waals surface area contributed by atoms with E-state index in [9.17, 15) is 4.79 Å². The number of fused-ring (bicyclic) bond motifs is 2. The van der Waals surface area contributed by atoms with Crippen LogP contribution in [-0.2, 0) is 29.0 Å². The highest BCUT2D eigenvalue weighted by Crippen LogP contribution is 2.23. The Bertz CT molecular complexity index is 979. The molecule has 0 spiro atoms. The normalized spacial score (nSPS) is 20.0. The summed E-state index contributed by atoms with van der Waals surface area (Å²) in [6.45, 7) is 3.22. The molecule has 5 rings (SSSR count). The largest absolute Gasteiger partial charge is 0.377 e. The fourth-order valence-corrected chi connectivity index (χ4v) is 3.93. The predicted octanol–water partition coefficient (Wildman–Crippen LogP) is 1.37. The summed E-state index contributed by atoms with van der Waals surface area (Å²) in [5, 5.41) is 9.46. The van der Waals surface area contributed by atoms with Gasteiger partial charge in [0, 0.05) is 30.2 Å². The minimum absolute atomic E-state index is 0.0294. The highest BCUT2D eigenvalue weighted by atomic mass is 16.5. The average Bonchev–Trinajstić information content (AvgIpc) is 3.33. The maximum atomic E-state index is 13.2. The highest BCUT2D eigenvalue weighted by molar-refractivity contribution is 5.91. The molecule has 140 valence electrons. The third-order valence-electron chi connectivity index (χ3n) is 5.33. The van der Waals surface area contributed by atoms with Crippen molar-refractivity contribution in [2.75, 3.05) is 26.4 Å². The first-order valence-corrected chi connectivity index (χ1v) is 9.25. The summed E-state index contributed by atoms with van der Waals surface area (Å²) in [5.74, 6) is 1.04. The van der Waals surface area contributed by atoms with Crippen LogP contribution in [0.3, 0.4) is 0 Å². The quantitative estimate of drug-likeness (QED) is 0.756. The SMILES string of the molecule is O=C(c1nnc2n1CCOC2)N1CCOCC1Cc1c[nH]c2ccccc12. The molecule has 1 saturated heterocycles. The third kappa shape index (κ3) is 2.90. The molecule has 1 amide bonds. The summed E-state index contributed by atoms with van der Waals surface area (Å²) in [6.07, 6.45) is 2.76. The lowest BCUT2D eigenvalue weighted by atomic mass is 10.0. The van der Waals surface area contributed by atoms with Gasteiger partial charge in [0.05, 0.1) is 25.9 Å². The van der Waals surface area contributed by atoms with Gasteiger partial charge in [0.15, 0.2) is 5.82 Å². The predicted molar refractivity (Wildman–Crippen MR) is 97.3 cm³/mol. The monoisotopic (exact) mass is 367 g/mol. The van der Waals surface area contributed by atoms with Crippen LogP contribution in [0.1, 0.15) is 22.0 Å². The van der Waals surface area contributed by atoms with Gasteiger partial charge in [-0.1, -0.05) is 18.2 Å². The molecule has 1 N–H and O–H groups in total. The first-order chi connectivity index (χ1) is 13.3. The number of aromatic amines is 1. The van der Waals surface area contributed by atoms with Crippen molar-refractivity contribution in [2.24, 2.45) is 0 Å². The van der Waals surface area contributed by atoms with Crippen LogP contribution in [0, 0.1) is 0 Å². The van der Waals surface area contributed by atoms with Crippen LogP contribution in [-0.4, -0.2) is 63.0 Å². The summed E-state index contributed by atoms with van der Waals surface area (Å²) >= 11 is 0. The molecule has 1 fully saturated rings. The number of hydrogen-bond donors (Lipinski definition) is 1. The molecule has 27 heavy (non-hydrogen) atoms. The van der Waals surface area contributed by atoms with Gasteiger partial charge in [-0.05, 0) is 18.1 Å². The van der Waals surface area contributed by atoms with Gasteiger partial charge in [0.1, 0.15) is 6.61 Å². The van der Waals surface area contributed by atoms with E-state index >= 15 is 0 Å². The maximum absolute atomic E-state index is 13.2. The van der Waals surface area contributed by atoms with E-state index in [-0.39, 0.29) is 11.9 Å². The van der Waals surface area contributed by atoms with Gasteiger partial charge in [-0.3, -0.25) is 4.79 Å². The third-order valence-corrected chi connectivity index (χ3v) is 5.33. The lowest BCUT2D eigenvalue weighted by Gasteiger charge is -2.35. The van der Waals surface area contributed by atoms with Gasteiger partial charge >= 0.3 is 0 Å². The van der Waals surface area contributed by atoms with Gasteiger partial charge in [-0.2, -0.15) is 0 Å². The van der Waals surface area contributed by atoms with Crippen LogP contribution >= 0.6 is 0 Å². The number of rotatable bonds is 3. The molecule has 1 atom stereocenters. The number of nitrogens with zero attached hydrogens (tertiary/aromatic N) is 4. The molecule has 0 radical (unpaired) electrons. The van der Waals surface area contributed by atoms with Crippen LogP contribution in [0.15, 0.2) is 30.5 Å². The van der Waals surface area contributed by atoms with Crippen LogP contribution in [0.25, 0.3) is 10.9 Å². The molecule has 0 aliphatic carbocycles. The number of morpholine rings is 1. The Balaban J connectivity index is 1.42. The molecular weight excluding hydrogens is 346 g/mol. The van der Waals surface area contributed by atoms with Crippen molar-refractivity contribution in [3.63, 3.8) is 0 Å². The van der Waals surface area contributed by atoms with Crippen molar-refractivity contribution in [2.45, 2.75) is 25.6 Å². The summed E-state index contributed by atoms with van der Waals surface area (Å²) in [7, 11) is 0. The molecule has 2 aliphatic rings. The number of H-pyrrole nitrogens is 1. The first kappa shape index (κ1) is 16.5. The van der Waals surface area contributed by atoms with Crippen LogP contribution < -0.4 is 0 Å². The second-order valence-electron chi connectivity index (χ2n) is 6.93. The number of carbonyl (C=O) groups excluding carboxylic acids is 1. The van der Waals surface area contributed by atoms with E-state index < -0.39 is 0 Å². The zero-order chi connectivity index (χ0) is 18.2. The Morgan fingerprint density at radius 3 is 3.04 bits per heavy atom. The summed E-state index contributed by atoms with van der Waals surface area (Å²) in [6, 6.07) is 8.18. The molecule has 8 nitrogen and oxygen atoms in total. The van der Waals surface area contributed by atoms with E-state index in [4.69, 9.17) is 9.47 Å². The Labute approximate surface area is 156 Å². The van der Waals surface area contributed by atoms with E-state index in [1.165, 1.54) is 10.9 Å². The van der Waals surface area contributed by atoms with Gasteiger partial charge in [0.25, 0.3) is 5.91 Å². The molecule has 3 aromatic rings. The standard InChI is InChI=1S/C19H21N5O3/c25-19(18-22-21-17-12-27-8-6-24(17)18)23-5-7-26-11-14(23)9-13-10-20-16-4-2-1-3-15(13)16/h1-4,10,14,20H,5-9,11-12H2. The zero-order valence-electron chi connectivity index (χ0n) is 14.9. The molecule has 0 saturated carbocycles. The molecule has 0 bridgehead atoms. The number of hydrogen-bond acceptors (Lipinski definition) is 5. The number of ether oxygens (including phenoxy) is 2. The number of benzene rings is 1. The van der Waals surface area contributed by atoms with E-state index in [2.05, 4.69) is 27.3 Å². The number of amides is 1. The molecule has 1 aromatic carbocycles. The maximum Gasteiger partial charge on any atom is 0.292 e. The smallest absolute Gasteiger partial charge is 0.292 e. The van der Waals surface area contributed by atoms with Gasteiger partial charge in [-0.15, -0.1) is 10.2 Å². The summed E-state index contributed by atoms with van der Waals surface area (Å²) in [5.41, 5.74) is 2.30. The second-order valence-corrected chi connectivity index (χ2v) is 6.93. The minimum atomic E-state index is -0.0798. The number of aromatic nitrogens is 4. The fourth-order valence-electron chi connectivity index (χ4n) is 3.93. The Kier molecular flexibility index (Phi) is 4.14. The van der Waals surface area contributed by atoms with Crippen LogP contribution in [0.5, 0.6) is 0 Å². The van der Waals surface area contributed by atoms with Crippen molar-refractivity contribution in [1.82, 2.24) is 24.6 Å². The van der Waals surface area contributed by atoms with Crippen molar-refractivity contribution in [3.8, 4) is 0 Å². The van der Waals surface area contributed by atoms with Crippen molar-refractivity contribution in [3.05, 3.63) is 47.7 Å². The summed E-state index contributed by atoms with van der Waals surface area (Å²) < 4.78 is 13.0. The lowest BCUT2D eigenvalue weighted by molar-refractivity contribution is -0.00283. The fraction of sp³-hybridized carbons (Fsp3) is 0.421. The Morgan fingerprint density at radius 1 is 1.19 bits per heavy atom. The van der Waals surface area contributed by atoms with Gasteiger partial charge in [-0.25, -0.2) is 0 Å².